The first kappa shape index (κ1) is 18.9. The average molecular weight is 357 g/mol. The lowest BCUT2D eigenvalue weighted by Crippen LogP contribution is -2.01. The van der Waals surface area contributed by atoms with Crippen LogP contribution in [0.4, 0.5) is 0 Å². The lowest BCUT2D eigenvalue weighted by Gasteiger charge is -2.06. The quantitative estimate of drug-likeness (QED) is 0.369. The first-order chi connectivity index (χ1) is 11.6. The van der Waals surface area contributed by atoms with Crippen LogP contribution < -0.4 is 0 Å². The molecule has 0 radical (unpaired) electrons. The van der Waals surface area contributed by atoms with Gasteiger partial charge in [-0.15, -0.1) is 11.8 Å². The Morgan fingerprint density at radius 3 is 2.46 bits per heavy atom. The van der Waals surface area contributed by atoms with Gasteiger partial charge in [-0.3, -0.25) is 4.79 Å². The number of thioether (sulfide) groups is 2. The van der Waals surface area contributed by atoms with Gasteiger partial charge >= 0.3 is 0 Å². The van der Waals surface area contributed by atoms with E-state index in [0.29, 0.717) is 18.0 Å². The normalized spacial score (nSPS) is 10.5. The summed E-state index contributed by atoms with van der Waals surface area (Å²) < 4.78 is 0.981. The number of carbonyl (C=O) groups is 1. The number of ketones is 1. The van der Waals surface area contributed by atoms with Crippen molar-refractivity contribution in [3.63, 3.8) is 0 Å². The molecule has 0 aliphatic rings. The van der Waals surface area contributed by atoms with E-state index in [0.717, 1.165) is 23.5 Å². The van der Waals surface area contributed by atoms with Gasteiger partial charge in [0.2, 0.25) is 0 Å². The van der Waals surface area contributed by atoms with Gasteiger partial charge in [-0.2, -0.15) is 0 Å². The number of hydrogen-bond donors (Lipinski definition) is 0. The van der Waals surface area contributed by atoms with Crippen LogP contribution in [0.1, 0.15) is 30.4 Å². The van der Waals surface area contributed by atoms with Gasteiger partial charge in [0.1, 0.15) is 5.78 Å². The molecule has 0 aliphatic heterocycles. The minimum absolute atomic E-state index is 0.319. The maximum absolute atomic E-state index is 12.0. The smallest absolute Gasteiger partial charge is 0.143 e. The van der Waals surface area contributed by atoms with Crippen LogP contribution in [0.15, 0.2) is 70.3 Å². The molecule has 0 amide bonds. The third-order valence-corrected chi connectivity index (χ3v) is 5.91. The van der Waals surface area contributed by atoms with Gasteiger partial charge in [0.25, 0.3) is 0 Å². The fourth-order valence-electron chi connectivity index (χ4n) is 2.41. The Hall–Kier alpha value is -1.45. The largest absolute Gasteiger partial charge is 0.299 e. The molecule has 0 saturated heterocycles. The highest BCUT2D eigenvalue weighted by atomic mass is 32.2. The number of hydrogen-bond acceptors (Lipinski definition) is 3. The molecular weight excluding hydrogens is 332 g/mol. The predicted molar refractivity (Wildman–Crippen MR) is 108 cm³/mol. The van der Waals surface area contributed by atoms with Gasteiger partial charge < -0.3 is 0 Å². The zero-order chi connectivity index (χ0) is 17.2. The Balaban J connectivity index is 1.60. The van der Waals surface area contributed by atoms with Crippen LogP contribution in [0.2, 0.25) is 0 Å². The highest BCUT2D eigenvalue weighted by Crippen LogP contribution is 2.33. The maximum atomic E-state index is 12.0. The summed E-state index contributed by atoms with van der Waals surface area (Å²) in [5.74, 6) is 0.850. The molecule has 3 heteroatoms. The van der Waals surface area contributed by atoms with Gasteiger partial charge in [-0.05, 0) is 49.4 Å². The summed E-state index contributed by atoms with van der Waals surface area (Å²) in [5.41, 5.74) is 2.74. The third-order valence-electron chi connectivity index (χ3n) is 3.78. The van der Waals surface area contributed by atoms with E-state index in [1.807, 2.05) is 18.2 Å². The summed E-state index contributed by atoms with van der Waals surface area (Å²) in [4.78, 5) is 13.2. The van der Waals surface area contributed by atoms with Crippen LogP contribution >= 0.6 is 23.5 Å². The standard InChI is InChI=1S/C21H24OS2/c1-17-10-6-7-11-19(17)12-8-9-13-20(22)16-23-18(2)24-21-14-4-3-5-15-21/h3-7,10-11,14-15H,2,8-9,12-13,16H2,1H3. The van der Waals surface area contributed by atoms with E-state index in [-0.39, 0.29) is 0 Å². The SMILES string of the molecule is C=C(SCC(=O)CCCCc1ccccc1C)Sc1ccccc1. The summed E-state index contributed by atoms with van der Waals surface area (Å²) in [6.07, 6.45) is 3.76. The Bertz CT molecular complexity index is 665. The van der Waals surface area contributed by atoms with E-state index in [1.165, 1.54) is 16.0 Å². The lowest BCUT2D eigenvalue weighted by molar-refractivity contribution is -0.116. The molecule has 2 rings (SSSR count). The van der Waals surface area contributed by atoms with Crippen LogP contribution in [0.25, 0.3) is 0 Å². The highest BCUT2D eigenvalue weighted by molar-refractivity contribution is 8.22. The van der Waals surface area contributed by atoms with Gasteiger partial charge in [0, 0.05) is 15.6 Å². The zero-order valence-electron chi connectivity index (χ0n) is 14.2. The molecule has 0 bridgehead atoms. The van der Waals surface area contributed by atoms with E-state index < -0.39 is 0 Å². The van der Waals surface area contributed by atoms with Crippen molar-refractivity contribution in [2.24, 2.45) is 0 Å². The first-order valence-corrected chi connectivity index (χ1v) is 10.1. The molecule has 0 fully saturated rings. The second-order valence-corrected chi connectivity index (χ2v) is 8.24. The van der Waals surface area contributed by atoms with Crippen LogP contribution in [0.5, 0.6) is 0 Å². The minimum atomic E-state index is 0.319. The van der Waals surface area contributed by atoms with Crippen molar-refractivity contribution >= 4 is 29.3 Å². The molecule has 0 heterocycles. The Labute approximate surface area is 153 Å². The third kappa shape index (κ3) is 6.98. The minimum Gasteiger partial charge on any atom is -0.299 e. The van der Waals surface area contributed by atoms with Crippen molar-refractivity contribution in [1.82, 2.24) is 0 Å². The maximum Gasteiger partial charge on any atom is 0.143 e. The average Bonchev–Trinajstić information content (AvgIpc) is 2.59. The fourth-order valence-corrected chi connectivity index (χ4v) is 4.13. The van der Waals surface area contributed by atoms with E-state index in [1.54, 1.807) is 23.5 Å². The number of Topliss-reactive ketones (excluding diaryl/α,β-unsaturated/α-hetero) is 1. The van der Waals surface area contributed by atoms with E-state index in [4.69, 9.17) is 0 Å². The first-order valence-electron chi connectivity index (χ1n) is 8.26. The number of benzene rings is 2. The molecule has 0 atom stereocenters. The van der Waals surface area contributed by atoms with Crippen LogP contribution in [-0.4, -0.2) is 11.5 Å². The zero-order valence-corrected chi connectivity index (χ0v) is 15.8. The van der Waals surface area contributed by atoms with E-state index in [2.05, 4.69) is 49.9 Å². The summed E-state index contributed by atoms with van der Waals surface area (Å²) in [6.45, 7) is 6.19. The molecule has 2 aromatic carbocycles. The Morgan fingerprint density at radius 1 is 1.00 bits per heavy atom. The van der Waals surface area contributed by atoms with Gasteiger partial charge in [0.15, 0.2) is 0 Å². The molecule has 126 valence electrons. The molecule has 0 N–H and O–H groups in total. The Kier molecular flexibility index (Phi) is 8.20. The van der Waals surface area contributed by atoms with Gasteiger partial charge in [-0.25, -0.2) is 0 Å². The lowest BCUT2D eigenvalue weighted by atomic mass is 10.0. The molecule has 24 heavy (non-hydrogen) atoms. The van der Waals surface area contributed by atoms with Crippen LogP contribution in [-0.2, 0) is 11.2 Å². The second kappa shape index (κ2) is 10.4. The molecule has 0 unspecified atom stereocenters. The summed E-state index contributed by atoms with van der Waals surface area (Å²) in [7, 11) is 0. The summed E-state index contributed by atoms with van der Waals surface area (Å²) in [5, 5.41) is 0. The van der Waals surface area contributed by atoms with Crippen molar-refractivity contribution in [2.45, 2.75) is 37.5 Å². The molecule has 0 spiro atoms. The summed E-state index contributed by atoms with van der Waals surface area (Å²) in [6, 6.07) is 18.6. The second-order valence-electron chi connectivity index (χ2n) is 5.75. The fraction of sp³-hybridized carbons (Fsp3) is 0.286. The van der Waals surface area contributed by atoms with Gasteiger partial charge in [-0.1, -0.05) is 60.8 Å². The molecule has 0 saturated carbocycles. The van der Waals surface area contributed by atoms with Crippen LogP contribution in [0.3, 0.4) is 0 Å². The molecule has 2 aromatic rings. The number of rotatable bonds is 10. The molecule has 1 nitrogen and oxygen atoms in total. The Morgan fingerprint density at radius 2 is 1.71 bits per heavy atom. The van der Waals surface area contributed by atoms with E-state index in [9.17, 15) is 4.79 Å². The van der Waals surface area contributed by atoms with Crippen molar-refractivity contribution in [1.29, 1.82) is 0 Å². The predicted octanol–water partition coefficient (Wildman–Crippen LogP) is 6.27. The van der Waals surface area contributed by atoms with Gasteiger partial charge in [0.05, 0.1) is 5.75 Å². The number of aryl methyl sites for hydroxylation is 2. The van der Waals surface area contributed by atoms with Crippen molar-refractivity contribution in [3.05, 3.63) is 76.5 Å². The van der Waals surface area contributed by atoms with E-state index >= 15 is 0 Å². The van der Waals surface area contributed by atoms with Crippen molar-refractivity contribution in [3.8, 4) is 0 Å². The number of unbranched alkanes of at least 4 members (excludes halogenated alkanes) is 1. The molecular formula is C21H24OS2. The molecule has 0 aromatic heterocycles. The monoisotopic (exact) mass is 356 g/mol. The molecule has 0 aliphatic carbocycles. The summed E-state index contributed by atoms with van der Waals surface area (Å²) >= 11 is 3.18. The topological polar surface area (TPSA) is 17.1 Å². The van der Waals surface area contributed by atoms with Crippen molar-refractivity contribution in [2.75, 3.05) is 5.75 Å². The number of carbonyl (C=O) groups excluding carboxylic acids is 1. The highest BCUT2D eigenvalue weighted by Gasteiger charge is 2.06. The van der Waals surface area contributed by atoms with Crippen molar-refractivity contribution < 1.29 is 4.79 Å². The van der Waals surface area contributed by atoms with Crippen LogP contribution in [0, 0.1) is 6.92 Å².